The van der Waals surface area contributed by atoms with Gasteiger partial charge in [-0.2, -0.15) is 0 Å². The zero-order valence-electron chi connectivity index (χ0n) is 9.32. The molecule has 5 nitrogen and oxygen atoms in total. The largest absolute Gasteiger partial charge is 0.265 e. The van der Waals surface area contributed by atoms with Gasteiger partial charge in [-0.1, -0.05) is 6.07 Å². The summed E-state index contributed by atoms with van der Waals surface area (Å²) >= 11 is 1.42. The summed E-state index contributed by atoms with van der Waals surface area (Å²) in [7, 11) is 0. The van der Waals surface area contributed by atoms with Crippen LogP contribution in [-0.4, -0.2) is 25.1 Å². The van der Waals surface area contributed by atoms with Gasteiger partial charge in [-0.15, -0.1) is 5.10 Å². The average molecular weight is 255 g/mol. The van der Waals surface area contributed by atoms with Crippen LogP contribution in [0.4, 0.5) is 0 Å². The number of hydrogen-bond acceptors (Lipinski definition) is 5. The zero-order valence-corrected chi connectivity index (χ0v) is 10.1. The van der Waals surface area contributed by atoms with Crippen molar-refractivity contribution in [2.45, 2.75) is 10.2 Å². The zero-order chi connectivity index (χ0) is 12.2. The van der Waals surface area contributed by atoms with E-state index >= 15 is 0 Å². The summed E-state index contributed by atoms with van der Waals surface area (Å²) in [5.41, 5.74) is 0.963. The molecule has 0 unspecified atom stereocenters. The summed E-state index contributed by atoms with van der Waals surface area (Å²) in [6.07, 6.45) is 5.20. The Hall–Kier alpha value is -2.21. The van der Waals surface area contributed by atoms with Crippen LogP contribution in [0.5, 0.6) is 0 Å². The highest BCUT2D eigenvalue weighted by atomic mass is 32.2. The van der Waals surface area contributed by atoms with Gasteiger partial charge in [0.15, 0.2) is 5.82 Å². The minimum Gasteiger partial charge on any atom is -0.265 e. The van der Waals surface area contributed by atoms with Crippen molar-refractivity contribution in [2.75, 3.05) is 0 Å². The molecule has 0 fully saturated rings. The van der Waals surface area contributed by atoms with Gasteiger partial charge in [0.2, 0.25) is 5.16 Å². The Kier molecular flexibility index (Phi) is 3.01. The monoisotopic (exact) mass is 255 g/mol. The first-order chi connectivity index (χ1) is 8.92. The number of aromatic nitrogens is 5. The van der Waals surface area contributed by atoms with Gasteiger partial charge >= 0.3 is 0 Å². The highest BCUT2D eigenvalue weighted by Crippen LogP contribution is 2.23. The molecule has 0 aliphatic heterocycles. The van der Waals surface area contributed by atoms with Crippen LogP contribution in [0.1, 0.15) is 0 Å². The number of pyridine rings is 2. The highest BCUT2D eigenvalue weighted by molar-refractivity contribution is 7.99. The molecule has 0 spiro atoms. The van der Waals surface area contributed by atoms with Gasteiger partial charge < -0.3 is 0 Å². The van der Waals surface area contributed by atoms with E-state index in [0.29, 0.717) is 5.16 Å². The second-order valence-electron chi connectivity index (χ2n) is 3.47. The van der Waals surface area contributed by atoms with Crippen LogP contribution < -0.4 is 0 Å². The lowest BCUT2D eigenvalue weighted by Gasteiger charge is -1.94. The van der Waals surface area contributed by atoms with E-state index in [0.717, 1.165) is 16.4 Å². The fourth-order valence-electron chi connectivity index (χ4n) is 1.43. The Morgan fingerprint density at radius 2 is 1.89 bits per heavy atom. The summed E-state index contributed by atoms with van der Waals surface area (Å²) in [4.78, 5) is 12.6. The molecule has 3 rings (SSSR count). The minimum absolute atomic E-state index is 0.653. The van der Waals surface area contributed by atoms with Crippen molar-refractivity contribution in [3.8, 4) is 11.4 Å². The maximum absolute atomic E-state index is 4.40. The van der Waals surface area contributed by atoms with Crippen molar-refractivity contribution in [2.24, 2.45) is 0 Å². The molecule has 0 aliphatic rings. The quantitative estimate of drug-likeness (QED) is 0.778. The van der Waals surface area contributed by atoms with Gasteiger partial charge in [0, 0.05) is 24.2 Å². The van der Waals surface area contributed by atoms with Crippen LogP contribution >= 0.6 is 11.8 Å². The molecule has 0 radical (unpaired) electrons. The van der Waals surface area contributed by atoms with Crippen molar-refractivity contribution in [3.63, 3.8) is 0 Å². The van der Waals surface area contributed by atoms with Crippen LogP contribution in [0.15, 0.2) is 59.1 Å². The predicted molar refractivity (Wildman–Crippen MR) is 68.0 cm³/mol. The van der Waals surface area contributed by atoms with Gasteiger partial charge in [0.25, 0.3) is 0 Å². The third-order valence-corrected chi connectivity index (χ3v) is 3.07. The molecule has 3 aromatic heterocycles. The van der Waals surface area contributed by atoms with Crippen molar-refractivity contribution in [1.29, 1.82) is 0 Å². The third-order valence-electron chi connectivity index (χ3n) is 2.25. The third kappa shape index (κ3) is 2.38. The first kappa shape index (κ1) is 10.9. The Morgan fingerprint density at radius 3 is 2.67 bits per heavy atom. The molecule has 0 atom stereocenters. The van der Waals surface area contributed by atoms with Crippen LogP contribution in [0.2, 0.25) is 0 Å². The van der Waals surface area contributed by atoms with Gasteiger partial charge in [-0.25, -0.2) is 9.97 Å². The summed E-state index contributed by atoms with van der Waals surface area (Å²) in [6.45, 7) is 0. The second-order valence-corrected chi connectivity index (χ2v) is 4.46. The minimum atomic E-state index is 0.653. The molecule has 88 valence electrons. The predicted octanol–water partition coefficient (Wildman–Crippen LogP) is 2.41. The summed E-state index contributed by atoms with van der Waals surface area (Å²) < 4.78 is 0. The Balaban J connectivity index is 1.82. The van der Waals surface area contributed by atoms with E-state index in [1.807, 2.05) is 30.3 Å². The molecule has 0 bridgehead atoms. The number of nitrogens with zero attached hydrogens (tertiary/aromatic N) is 4. The van der Waals surface area contributed by atoms with E-state index < -0.39 is 0 Å². The highest BCUT2D eigenvalue weighted by Gasteiger charge is 2.07. The van der Waals surface area contributed by atoms with E-state index in [1.165, 1.54) is 11.8 Å². The first-order valence-corrected chi connectivity index (χ1v) is 6.15. The first-order valence-electron chi connectivity index (χ1n) is 5.33. The number of aromatic amines is 1. The molecule has 3 aromatic rings. The van der Waals surface area contributed by atoms with E-state index in [9.17, 15) is 0 Å². The lowest BCUT2D eigenvalue weighted by Crippen LogP contribution is -1.81. The Bertz CT molecular complexity index is 623. The molecular weight excluding hydrogens is 246 g/mol. The molecule has 18 heavy (non-hydrogen) atoms. The molecule has 0 saturated heterocycles. The maximum atomic E-state index is 4.40. The SMILES string of the molecule is c1ccc(Sc2n[nH]c(-c3ccncc3)n2)nc1. The summed E-state index contributed by atoms with van der Waals surface area (Å²) in [5.74, 6) is 0.732. The van der Waals surface area contributed by atoms with E-state index in [4.69, 9.17) is 0 Å². The number of hydrogen-bond donors (Lipinski definition) is 1. The molecular formula is C12H9N5S. The van der Waals surface area contributed by atoms with E-state index in [1.54, 1.807) is 18.6 Å². The van der Waals surface area contributed by atoms with Crippen LogP contribution in [-0.2, 0) is 0 Å². The van der Waals surface area contributed by atoms with Crippen LogP contribution in [0.3, 0.4) is 0 Å². The van der Waals surface area contributed by atoms with Crippen LogP contribution in [0.25, 0.3) is 11.4 Å². The fourth-order valence-corrected chi connectivity index (χ4v) is 2.11. The topological polar surface area (TPSA) is 67.3 Å². The second kappa shape index (κ2) is 4.97. The van der Waals surface area contributed by atoms with Crippen molar-refractivity contribution >= 4 is 11.8 Å². The Labute approximate surface area is 108 Å². The molecule has 0 aliphatic carbocycles. The van der Waals surface area contributed by atoms with Crippen molar-refractivity contribution in [3.05, 3.63) is 48.9 Å². The molecule has 0 saturated carbocycles. The van der Waals surface area contributed by atoms with Gasteiger partial charge in [0.05, 0.1) is 0 Å². The normalized spacial score (nSPS) is 10.4. The van der Waals surface area contributed by atoms with Crippen LogP contribution in [0, 0.1) is 0 Å². The number of H-pyrrole nitrogens is 1. The van der Waals surface area contributed by atoms with Gasteiger partial charge in [-0.3, -0.25) is 10.1 Å². The molecule has 0 amide bonds. The lowest BCUT2D eigenvalue weighted by molar-refractivity contribution is 0.967. The van der Waals surface area contributed by atoms with E-state index in [2.05, 4.69) is 25.1 Å². The van der Waals surface area contributed by atoms with Crippen molar-refractivity contribution < 1.29 is 0 Å². The standard InChI is InChI=1S/C12H9N5S/c1-2-6-14-10(3-1)18-12-15-11(16-17-12)9-4-7-13-8-5-9/h1-8H,(H,15,16,17). The van der Waals surface area contributed by atoms with Crippen molar-refractivity contribution in [1.82, 2.24) is 25.1 Å². The van der Waals surface area contributed by atoms with Gasteiger partial charge in [0.1, 0.15) is 5.03 Å². The maximum Gasteiger partial charge on any atom is 0.215 e. The lowest BCUT2D eigenvalue weighted by atomic mass is 10.3. The Morgan fingerprint density at radius 1 is 1.00 bits per heavy atom. The molecule has 6 heteroatoms. The molecule has 0 aromatic carbocycles. The smallest absolute Gasteiger partial charge is 0.215 e. The van der Waals surface area contributed by atoms with Gasteiger partial charge in [-0.05, 0) is 36.0 Å². The number of rotatable bonds is 3. The van der Waals surface area contributed by atoms with E-state index in [-0.39, 0.29) is 0 Å². The molecule has 1 N–H and O–H groups in total. The molecule has 3 heterocycles. The summed E-state index contributed by atoms with van der Waals surface area (Å²) in [5, 5.41) is 8.59. The average Bonchev–Trinajstić information content (AvgIpc) is 2.89. The fraction of sp³-hybridized carbons (Fsp3) is 0. The number of nitrogens with one attached hydrogen (secondary N) is 1. The summed E-state index contributed by atoms with van der Waals surface area (Å²) in [6, 6.07) is 9.51.